The van der Waals surface area contributed by atoms with Crippen LogP contribution in [0.25, 0.3) is 0 Å². The van der Waals surface area contributed by atoms with Gasteiger partial charge in [-0.1, -0.05) is 0 Å². The average molecular weight is 103 g/mol. The van der Waals surface area contributed by atoms with Crippen LogP contribution in [-0.4, -0.2) is 24.0 Å². The van der Waals surface area contributed by atoms with E-state index in [4.69, 9.17) is 15.6 Å². The van der Waals surface area contributed by atoms with E-state index in [9.17, 15) is 0 Å². The van der Waals surface area contributed by atoms with Crippen molar-refractivity contribution in [2.24, 2.45) is 5.73 Å². The molecule has 0 aromatic rings. The summed E-state index contributed by atoms with van der Waals surface area (Å²) in [4.78, 5) is 0. The maximum absolute atomic E-state index is 8.60. The van der Waals surface area contributed by atoms with Crippen LogP contribution in [0.5, 0.6) is 0 Å². The van der Waals surface area contributed by atoms with Gasteiger partial charge in [-0.25, -0.2) is 0 Å². The minimum Gasteiger partial charge on any atom is -0.368 e. The fourth-order valence-corrected chi connectivity index (χ4v) is 0.630. The molecule has 0 bridgehead atoms. The zero-order valence-corrected chi connectivity index (χ0v) is 4.00. The van der Waals surface area contributed by atoms with Gasteiger partial charge in [-0.05, 0) is 0 Å². The second-order valence-corrected chi connectivity index (χ2v) is 1.78. The van der Waals surface area contributed by atoms with Crippen LogP contribution in [0.2, 0.25) is 0 Å². The molecule has 0 aromatic heterocycles. The molecule has 3 nitrogen and oxygen atoms in total. The number of nitrogens with two attached hydrogens (primary N) is 1. The van der Waals surface area contributed by atoms with Crippen molar-refractivity contribution in [3.63, 3.8) is 0 Å². The average Bonchev–Trinajstić information content (AvgIpc) is 1.87. The fourth-order valence-electron chi connectivity index (χ4n) is 0.630. The molecule has 0 aliphatic carbocycles. The number of hydrogen-bond donors (Lipinski definition) is 2. The number of hydrogen-bond acceptors (Lipinski definition) is 3. The summed E-state index contributed by atoms with van der Waals surface area (Å²) in [7, 11) is 0. The third-order valence-corrected chi connectivity index (χ3v) is 1.01. The molecule has 0 amide bonds. The van der Waals surface area contributed by atoms with Crippen LogP contribution in [0, 0.1) is 0 Å². The molecule has 1 heterocycles. The maximum atomic E-state index is 8.60. The van der Waals surface area contributed by atoms with E-state index in [-0.39, 0.29) is 6.04 Å². The molecule has 3 heteroatoms. The van der Waals surface area contributed by atoms with Crippen LogP contribution in [0.1, 0.15) is 6.42 Å². The van der Waals surface area contributed by atoms with Crippen molar-refractivity contribution in [3.8, 4) is 0 Å². The van der Waals surface area contributed by atoms with Crippen molar-refractivity contribution in [2.45, 2.75) is 18.8 Å². The Bertz CT molecular complexity index is 58.7. The Morgan fingerprint density at radius 2 is 2.43 bits per heavy atom. The van der Waals surface area contributed by atoms with E-state index in [0.717, 1.165) is 0 Å². The van der Waals surface area contributed by atoms with Crippen LogP contribution < -0.4 is 5.73 Å². The number of aliphatic hydroxyl groups is 1. The Morgan fingerprint density at radius 1 is 1.71 bits per heavy atom. The Labute approximate surface area is 42.1 Å². The van der Waals surface area contributed by atoms with Crippen LogP contribution in [0.4, 0.5) is 0 Å². The molecule has 1 fully saturated rings. The highest BCUT2D eigenvalue weighted by molar-refractivity contribution is 4.67. The van der Waals surface area contributed by atoms with E-state index in [1.54, 1.807) is 0 Å². The van der Waals surface area contributed by atoms with Crippen molar-refractivity contribution in [2.75, 3.05) is 6.61 Å². The lowest BCUT2D eigenvalue weighted by Gasteiger charge is -1.94. The van der Waals surface area contributed by atoms with Gasteiger partial charge in [0.05, 0.1) is 6.61 Å². The molecule has 0 spiro atoms. The zero-order chi connectivity index (χ0) is 5.28. The summed E-state index contributed by atoms with van der Waals surface area (Å²) in [6.45, 7) is 0.501. The van der Waals surface area contributed by atoms with Gasteiger partial charge in [0.2, 0.25) is 0 Å². The zero-order valence-electron chi connectivity index (χ0n) is 4.00. The molecule has 2 atom stereocenters. The summed E-state index contributed by atoms with van der Waals surface area (Å²) < 4.78 is 4.70. The normalized spacial score (nSPS) is 42.0. The van der Waals surface area contributed by atoms with Gasteiger partial charge in [-0.2, -0.15) is 0 Å². The first-order chi connectivity index (χ1) is 3.29. The van der Waals surface area contributed by atoms with Crippen molar-refractivity contribution in [1.82, 2.24) is 0 Å². The molecule has 0 saturated carbocycles. The quantitative estimate of drug-likeness (QED) is 0.415. The summed E-state index contributed by atoms with van der Waals surface area (Å²) in [5.41, 5.74) is 5.34. The molecule has 0 radical (unpaired) electrons. The van der Waals surface area contributed by atoms with Gasteiger partial charge in [-0.3, -0.25) is 0 Å². The molecular formula is C4H9NO2. The monoisotopic (exact) mass is 103 g/mol. The Balaban J connectivity index is 2.26. The van der Waals surface area contributed by atoms with E-state index < -0.39 is 6.29 Å². The minimum atomic E-state index is -0.602. The Morgan fingerprint density at radius 3 is 2.57 bits per heavy atom. The van der Waals surface area contributed by atoms with Crippen LogP contribution in [-0.2, 0) is 4.74 Å². The molecule has 1 rings (SSSR count). The third kappa shape index (κ3) is 1.12. The van der Waals surface area contributed by atoms with E-state index in [1.165, 1.54) is 0 Å². The highest BCUT2D eigenvalue weighted by atomic mass is 16.6. The molecule has 42 valence electrons. The Hall–Kier alpha value is -0.120. The molecule has 1 saturated heterocycles. The largest absolute Gasteiger partial charge is 0.368 e. The first-order valence-corrected chi connectivity index (χ1v) is 2.34. The lowest BCUT2D eigenvalue weighted by molar-refractivity contribution is -0.0589. The fraction of sp³-hybridized carbons (Fsp3) is 1.00. The molecule has 7 heavy (non-hydrogen) atoms. The second-order valence-electron chi connectivity index (χ2n) is 1.78. The van der Waals surface area contributed by atoms with Gasteiger partial charge < -0.3 is 15.6 Å². The molecular weight excluding hydrogens is 94.0 g/mol. The van der Waals surface area contributed by atoms with Gasteiger partial charge in [0.1, 0.15) is 0 Å². The topological polar surface area (TPSA) is 55.5 Å². The maximum Gasteiger partial charge on any atom is 0.156 e. The summed E-state index contributed by atoms with van der Waals surface area (Å²) in [5.74, 6) is 0. The van der Waals surface area contributed by atoms with Crippen molar-refractivity contribution in [3.05, 3.63) is 0 Å². The lowest BCUT2D eigenvalue weighted by Crippen LogP contribution is -2.19. The van der Waals surface area contributed by atoms with E-state index in [2.05, 4.69) is 0 Å². The van der Waals surface area contributed by atoms with E-state index in [1.807, 2.05) is 0 Å². The van der Waals surface area contributed by atoms with Gasteiger partial charge in [0, 0.05) is 12.5 Å². The van der Waals surface area contributed by atoms with Gasteiger partial charge in [0.15, 0.2) is 6.29 Å². The predicted octanol–water partition coefficient (Wildman–Crippen LogP) is -0.948. The summed E-state index contributed by atoms with van der Waals surface area (Å²) in [5, 5.41) is 8.60. The van der Waals surface area contributed by atoms with Crippen LogP contribution >= 0.6 is 0 Å². The van der Waals surface area contributed by atoms with E-state index in [0.29, 0.717) is 13.0 Å². The van der Waals surface area contributed by atoms with E-state index >= 15 is 0 Å². The van der Waals surface area contributed by atoms with Crippen molar-refractivity contribution >= 4 is 0 Å². The van der Waals surface area contributed by atoms with Gasteiger partial charge >= 0.3 is 0 Å². The SMILES string of the molecule is N[C@@H]1COC(O)C1. The molecule has 1 aliphatic heterocycles. The van der Waals surface area contributed by atoms with Gasteiger partial charge in [0.25, 0.3) is 0 Å². The highest BCUT2D eigenvalue weighted by Crippen LogP contribution is 2.06. The number of ether oxygens (including phenoxy) is 1. The minimum absolute atomic E-state index is 0.0509. The smallest absolute Gasteiger partial charge is 0.156 e. The third-order valence-electron chi connectivity index (χ3n) is 1.01. The van der Waals surface area contributed by atoms with Crippen molar-refractivity contribution in [1.29, 1.82) is 0 Å². The first-order valence-electron chi connectivity index (χ1n) is 2.34. The molecule has 3 N–H and O–H groups in total. The first kappa shape index (κ1) is 5.03. The van der Waals surface area contributed by atoms with Crippen LogP contribution in [0.3, 0.4) is 0 Å². The van der Waals surface area contributed by atoms with Gasteiger partial charge in [-0.15, -0.1) is 0 Å². The molecule has 1 aliphatic rings. The highest BCUT2D eigenvalue weighted by Gasteiger charge is 2.18. The Kier molecular flexibility index (Phi) is 1.27. The summed E-state index contributed by atoms with van der Waals surface area (Å²) in [6.07, 6.45) is -0.0185. The van der Waals surface area contributed by atoms with Crippen molar-refractivity contribution < 1.29 is 9.84 Å². The lowest BCUT2D eigenvalue weighted by atomic mass is 10.3. The standard InChI is InChI=1S/C4H9NO2/c5-3-1-4(6)7-2-3/h3-4,6H,1-2,5H2/t3-,4?/m0/s1. The van der Waals surface area contributed by atoms with Crippen LogP contribution in [0.15, 0.2) is 0 Å². The summed E-state index contributed by atoms with van der Waals surface area (Å²) >= 11 is 0. The molecule has 0 aromatic carbocycles. The predicted molar refractivity (Wildman–Crippen MR) is 24.6 cm³/mol. The molecule has 1 unspecified atom stereocenters. The number of rotatable bonds is 0. The second kappa shape index (κ2) is 1.78. The number of aliphatic hydroxyl groups excluding tert-OH is 1. The summed E-state index contributed by atoms with van der Waals surface area (Å²) in [6, 6.07) is 0.0509.